The lowest BCUT2D eigenvalue weighted by Crippen LogP contribution is -2.10. The summed E-state index contributed by atoms with van der Waals surface area (Å²) < 4.78 is 2.28. The van der Waals surface area contributed by atoms with Crippen LogP contribution in [0.25, 0.3) is 0 Å². The first-order valence-corrected chi connectivity index (χ1v) is 8.55. The monoisotopic (exact) mass is 302 g/mol. The molecule has 21 heavy (non-hydrogen) atoms. The van der Waals surface area contributed by atoms with Crippen LogP contribution in [0.15, 0.2) is 34.3 Å². The number of nitrogens with two attached hydrogens (primary N) is 1. The third-order valence-corrected chi connectivity index (χ3v) is 5.11. The molecule has 1 atom stereocenters. The minimum atomic E-state index is 0.0835. The Morgan fingerprint density at radius 2 is 2.10 bits per heavy atom. The second kappa shape index (κ2) is 6.62. The zero-order valence-corrected chi connectivity index (χ0v) is 13.3. The molecule has 1 aromatic heterocycles. The van der Waals surface area contributed by atoms with Gasteiger partial charge in [-0.15, -0.1) is 10.2 Å². The first-order chi connectivity index (χ1) is 10.3. The number of aromatic nitrogens is 3. The molecule has 2 N–H and O–H groups in total. The van der Waals surface area contributed by atoms with Gasteiger partial charge in [-0.05, 0) is 42.7 Å². The molecule has 0 fully saturated rings. The number of nitrogens with zero attached hydrogens (tertiary/aromatic N) is 3. The highest BCUT2D eigenvalue weighted by atomic mass is 32.2. The summed E-state index contributed by atoms with van der Waals surface area (Å²) in [6.45, 7) is 3.15. The van der Waals surface area contributed by atoms with Gasteiger partial charge < -0.3 is 10.3 Å². The molecular weight excluding hydrogens is 280 g/mol. The van der Waals surface area contributed by atoms with Crippen molar-refractivity contribution in [3.05, 3.63) is 35.7 Å². The molecule has 0 spiro atoms. The Bertz CT molecular complexity index is 608. The highest BCUT2D eigenvalue weighted by Crippen LogP contribution is 2.33. The van der Waals surface area contributed by atoms with E-state index in [1.807, 2.05) is 0 Å². The van der Waals surface area contributed by atoms with Crippen LogP contribution in [0.1, 0.15) is 50.0 Å². The average Bonchev–Trinajstić information content (AvgIpc) is 2.74. The lowest BCUT2D eigenvalue weighted by molar-refractivity contribution is 0.590. The molecule has 0 saturated heterocycles. The quantitative estimate of drug-likeness (QED) is 0.938. The van der Waals surface area contributed by atoms with Gasteiger partial charge in [0.2, 0.25) is 0 Å². The Balaban J connectivity index is 1.89. The molecule has 4 nitrogen and oxygen atoms in total. The van der Waals surface area contributed by atoms with E-state index in [0.717, 1.165) is 30.4 Å². The first kappa shape index (κ1) is 14.6. The van der Waals surface area contributed by atoms with Crippen molar-refractivity contribution < 1.29 is 0 Å². The summed E-state index contributed by atoms with van der Waals surface area (Å²) in [5.41, 5.74) is 7.44. The molecule has 1 aliphatic rings. The molecule has 1 aliphatic heterocycles. The second-order valence-corrected chi connectivity index (χ2v) is 6.52. The SMILES string of the molecule is CC[C@@H](N)c1ccccc1Sc1nnc2n1CCCCC2. The van der Waals surface area contributed by atoms with E-state index in [9.17, 15) is 0 Å². The van der Waals surface area contributed by atoms with Crippen LogP contribution >= 0.6 is 11.8 Å². The van der Waals surface area contributed by atoms with Crippen molar-refractivity contribution in [3.63, 3.8) is 0 Å². The van der Waals surface area contributed by atoms with Crippen LogP contribution in [0.3, 0.4) is 0 Å². The second-order valence-electron chi connectivity index (χ2n) is 5.52. The van der Waals surface area contributed by atoms with E-state index in [1.165, 1.54) is 29.7 Å². The van der Waals surface area contributed by atoms with Crippen LogP contribution in [0, 0.1) is 0 Å². The first-order valence-electron chi connectivity index (χ1n) is 7.74. The van der Waals surface area contributed by atoms with Gasteiger partial charge >= 0.3 is 0 Å². The lowest BCUT2D eigenvalue weighted by atomic mass is 10.1. The van der Waals surface area contributed by atoms with Crippen LogP contribution in [0.5, 0.6) is 0 Å². The van der Waals surface area contributed by atoms with Crippen molar-refractivity contribution in [1.82, 2.24) is 14.8 Å². The molecule has 112 valence electrons. The highest BCUT2D eigenvalue weighted by molar-refractivity contribution is 7.99. The molecule has 2 heterocycles. The highest BCUT2D eigenvalue weighted by Gasteiger charge is 2.17. The summed E-state index contributed by atoms with van der Waals surface area (Å²) in [5.74, 6) is 1.13. The molecule has 0 bridgehead atoms. The van der Waals surface area contributed by atoms with E-state index in [2.05, 4.69) is 46.0 Å². The van der Waals surface area contributed by atoms with E-state index < -0.39 is 0 Å². The number of rotatable bonds is 4. The van der Waals surface area contributed by atoms with Gasteiger partial charge in [0.05, 0.1) is 0 Å². The maximum Gasteiger partial charge on any atom is 0.196 e. The van der Waals surface area contributed by atoms with E-state index in [-0.39, 0.29) is 6.04 Å². The van der Waals surface area contributed by atoms with Crippen LogP contribution in [-0.2, 0) is 13.0 Å². The average molecular weight is 302 g/mol. The largest absolute Gasteiger partial charge is 0.324 e. The molecule has 0 unspecified atom stereocenters. The number of hydrogen-bond donors (Lipinski definition) is 1. The third kappa shape index (κ3) is 3.14. The number of aryl methyl sites for hydroxylation is 1. The fourth-order valence-electron chi connectivity index (χ4n) is 2.73. The maximum atomic E-state index is 6.23. The van der Waals surface area contributed by atoms with Gasteiger partial charge in [0.25, 0.3) is 0 Å². The number of hydrogen-bond acceptors (Lipinski definition) is 4. The van der Waals surface area contributed by atoms with E-state index in [0.29, 0.717) is 0 Å². The van der Waals surface area contributed by atoms with Crippen LogP contribution in [-0.4, -0.2) is 14.8 Å². The van der Waals surface area contributed by atoms with Crippen molar-refractivity contribution >= 4 is 11.8 Å². The van der Waals surface area contributed by atoms with Crippen molar-refractivity contribution in [2.45, 2.75) is 61.7 Å². The normalized spacial score (nSPS) is 16.3. The van der Waals surface area contributed by atoms with Gasteiger partial charge in [0.1, 0.15) is 5.82 Å². The van der Waals surface area contributed by atoms with Crippen molar-refractivity contribution in [2.24, 2.45) is 5.73 Å². The smallest absolute Gasteiger partial charge is 0.196 e. The van der Waals surface area contributed by atoms with Gasteiger partial charge in [-0.3, -0.25) is 0 Å². The Hall–Kier alpha value is -1.33. The summed E-state index contributed by atoms with van der Waals surface area (Å²) in [6.07, 6.45) is 5.71. The zero-order chi connectivity index (χ0) is 14.7. The molecule has 5 heteroatoms. The minimum absolute atomic E-state index is 0.0835. The van der Waals surface area contributed by atoms with E-state index in [4.69, 9.17) is 5.73 Å². The summed E-state index contributed by atoms with van der Waals surface area (Å²) >= 11 is 1.70. The molecular formula is C16H22N4S. The summed E-state index contributed by atoms with van der Waals surface area (Å²) in [5, 5.41) is 9.77. The van der Waals surface area contributed by atoms with Gasteiger partial charge in [0, 0.05) is 23.9 Å². The topological polar surface area (TPSA) is 56.7 Å². The molecule has 0 aliphatic carbocycles. The molecule has 1 aromatic carbocycles. The zero-order valence-electron chi connectivity index (χ0n) is 12.5. The van der Waals surface area contributed by atoms with Crippen LogP contribution in [0.2, 0.25) is 0 Å². The Morgan fingerprint density at radius 3 is 2.95 bits per heavy atom. The van der Waals surface area contributed by atoms with E-state index >= 15 is 0 Å². The molecule has 0 radical (unpaired) electrons. The van der Waals surface area contributed by atoms with Crippen LogP contribution in [0.4, 0.5) is 0 Å². The standard InChI is InChI=1S/C16H22N4S/c1-2-13(17)12-8-5-6-9-14(12)21-16-19-18-15-10-4-3-7-11-20(15)16/h5-6,8-9,13H,2-4,7,10-11,17H2,1H3/t13-/m1/s1. The van der Waals surface area contributed by atoms with Gasteiger partial charge in [-0.1, -0.05) is 31.5 Å². The predicted octanol–water partition coefficient (Wildman–Crippen LogP) is 3.57. The third-order valence-electron chi connectivity index (χ3n) is 4.04. The molecule has 3 rings (SSSR count). The lowest BCUT2D eigenvalue weighted by Gasteiger charge is -2.14. The molecule has 0 amide bonds. The van der Waals surface area contributed by atoms with E-state index in [1.54, 1.807) is 11.8 Å². The summed E-state index contributed by atoms with van der Waals surface area (Å²) in [7, 11) is 0. The Labute approximate surface area is 130 Å². The Kier molecular flexibility index (Phi) is 4.60. The predicted molar refractivity (Wildman–Crippen MR) is 85.4 cm³/mol. The summed E-state index contributed by atoms with van der Waals surface area (Å²) in [6, 6.07) is 8.46. The molecule has 0 saturated carbocycles. The van der Waals surface area contributed by atoms with Gasteiger partial charge in [-0.25, -0.2) is 0 Å². The number of benzene rings is 1. The minimum Gasteiger partial charge on any atom is -0.324 e. The van der Waals surface area contributed by atoms with Gasteiger partial charge in [0.15, 0.2) is 5.16 Å². The van der Waals surface area contributed by atoms with Gasteiger partial charge in [-0.2, -0.15) is 0 Å². The number of fused-ring (bicyclic) bond motifs is 1. The van der Waals surface area contributed by atoms with Crippen LogP contribution < -0.4 is 5.73 Å². The Morgan fingerprint density at radius 1 is 1.24 bits per heavy atom. The fourth-order valence-corrected chi connectivity index (χ4v) is 3.80. The van der Waals surface area contributed by atoms with Crippen molar-refractivity contribution in [2.75, 3.05) is 0 Å². The maximum absolute atomic E-state index is 6.23. The van der Waals surface area contributed by atoms with Crippen molar-refractivity contribution in [3.8, 4) is 0 Å². The summed E-state index contributed by atoms with van der Waals surface area (Å²) in [4.78, 5) is 1.20. The fraction of sp³-hybridized carbons (Fsp3) is 0.500. The van der Waals surface area contributed by atoms with Crippen molar-refractivity contribution in [1.29, 1.82) is 0 Å². The molecule has 2 aromatic rings.